The average molecular weight is 415 g/mol. The Balaban J connectivity index is 1.87. The van der Waals surface area contributed by atoms with Crippen molar-refractivity contribution >= 4 is 17.9 Å². The Bertz CT molecular complexity index is 728. The summed E-state index contributed by atoms with van der Waals surface area (Å²) in [6.45, 7) is 0. The van der Waals surface area contributed by atoms with E-state index in [2.05, 4.69) is 10.6 Å². The van der Waals surface area contributed by atoms with Gasteiger partial charge in [0, 0.05) is 17.6 Å². The van der Waals surface area contributed by atoms with Crippen molar-refractivity contribution in [2.24, 2.45) is 0 Å². The zero-order valence-electron chi connectivity index (χ0n) is 18.2. The number of nitrogens with one attached hydrogen (secondary N) is 2. The second-order valence-corrected chi connectivity index (χ2v) is 8.26. The van der Waals surface area contributed by atoms with Crippen molar-refractivity contribution in [3.63, 3.8) is 0 Å². The third-order valence-corrected chi connectivity index (χ3v) is 6.10. The van der Waals surface area contributed by atoms with Crippen LogP contribution >= 0.6 is 0 Å². The van der Waals surface area contributed by atoms with Crippen LogP contribution in [-0.4, -0.2) is 38.1 Å². The summed E-state index contributed by atoms with van der Waals surface area (Å²) in [4.78, 5) is 26.3. The molecule has 0 aliphatic heterocycles. The van der Waals surface area contributed by atoms with E-state index in [1.54, 1.807) is 26.4 Å². The second-order valence-electron chi connectivity index (χ2n) is 8.26. The summed E-state index contributed by atoms with van der Waals surface area (Å²) in [6, 6.07) is 5.69. The fourth-order valence-electron chi connectivity index (χ4n) is 4.44. The maximum absolute atomic E-state index is 13.1. The van der Waals surface area contributed by atoms with Gasteiger partial charge in [-0.25, -0.2) is 0 Å². The number of carbonyl (C=O) groups excluding carboxylic acids is 2. The van der Waals surface area contributed by atoms with E-state index < -0.39 is 0 Å². The molecule has 3 rings (SSSR count). The molecule has 2 amide bonds. The van der Waals surface area contributed by atoms with Crippen LogP contribution in [0, 0.1) is 0 Å². The highest BCUT2D eigenvalue weighted by molar-refractivity contribution is 6.22. The molecule has 6 nitrogen and oxygen atoms in total. The zero-order chi connectivity index (χ0) is 21.3. The zero-order valence-corrected chi connectivity index (χ0v) is 18.2. The first kappa shape index (κ1) is 22.2. The average Bonchev–Trinajstić information content (AvgIpc) is 2.78. The molecule has 164 valence electrons. The fraction of sp³-hybridized carbons (Fsp3) is 0.583. The molecule has 30 heavy (non-hydrogen) atoms. The van der Waals surface area contributed by atoms with Crippen LogP contribution in [0.4, 0.5) is 0 Å². The minimum atomic E-state index is -0.319. The van der Waals surface area contributed by atoms with Crippen molar-refractivity contribution in [1.29, 1.82) is 0 Å². The smallest absolute Gasteiger partial charge is 0.257 e. The number of carbonyl (C=O) groups is 2. The molecule has 0 spiro atoms. The Hall–Kier alpha value is -2.50. The Morgan fingerprint density at radius 1 is 0.833 bits per heavy atom. The van der Waals surface area contributed by atoms with Crippen LogP contribution in [0.5, 0.6) is 11.5 Å². The molecule has 0 saturated heterocycles. The molecule has 2 fully saturated rings. The van der Waals surface area contributed by atoms with Crippen molar-refractivity contribution in [3.05, 3.63) is 29.3 Å². The summed E-state index contributed by atoms with van der Waals surface area (Å²) in [5, 5.41) is 6.17. The highest BCUT2D eigenvalue weighted by Gasteiger charge is 2.26. The largest absolute Gasteiger partial charge is 0.493 e. The number of rotatable bonds is 7. The Labute approximate surface area is 179 Å². The van der Waals surface area contributed by atoms with Gasteiger partial charge in [0.2, 0.25) is 0 Å². The van der Waals surface area contributed by atoms with Gasteiger partial charge in [-0.05, 0) is 37.8 Å². The van der Waals surface area contributed by atoms with E-state index in [-0.39, 0.29) is 29.5 Å². The van der Waals surface area contributed by atoms with Crippen LogP contribution in [0.3, 0.4) is 0 Å². The van der Waals surface area contributed by atoms with Crippen LogP contribution in [0.1, 0.15) is 69.8 Å². The highest BCUT2D eigenvalue weighted by atomic mass is 16.5. The summed E-state index contributed by atoms with van der Waals surface area (Å²) in [7, 11) is 3.12. The number of methoxy groups -OCH3 is 2. The van der Waals surface area contributed by atoms with Crippen LogP contribution in [0.2, 0.25) is 0 Å². The quantitative estimate of drug-likeness (QED) is 0.402. The van der Waals surface area contributed by atoms with Crippen LogP contribution in [-0.2, 0) is 9.59 Å². The first-order valence-electron chi connectivity index (χ1n) is 11.2. The van der Waals surface area contributed by atoms with Crippen LogP contribution in [0.25, 0.3) is 6.08 Å². The van der Waals surface area contributed by atoms with Gasteiger partial charge in [0.05, 0.1) is 14.2 Å². The molecule has 2 aliphatic carbocycles. The molecular formula is C24H34N2O4. The van der Waals surface area contributed by atoms with Crippen LogP contribution < -0.4 is 20.1 Å². The Morgan fingerprint density at radius 2 is 1.37 bits per heavy atom. The number of benzene rings is 1. The summed E-state index contributed by atoms with van der Waals surface area (Å²) in [5.41, 5.74) is 0.766. The molecule has 1 aromatic carbocycles. The monoisotopic (exact) mass is 414 g/mol. The minimum absolute atomic E-state index is 0.123. The van der Waals surface area contributed by atoms with E-state index in [1.165, 1.54) is 12.8 Å². The first-order valence-corrected chi connectivity index (χ1v) is 11.2. The number of hydrogen-bond donors (Lipinski definition) is 2. The van der Waals surface area contributed by atoms with Gasteiger partial charge >= 0.3 is 0 Å². The Morgan fingerprint density at radius 3 is 1.83 bits per heavy atom. The number of para-hydroxylation sites is 1. The van der Waals surface area contributed by atoms with E-state index in [4.69, 9.17) is 9.47 Å². The predicted molar refractivity (Wildman–Crippen MR) is 118 cm³/mol. The molecule has 0 unspecified atom stereocenters. The number of amides is 2. The topological polar surface area (TPSA) is 76.7 Å². The maximum atomic E-state index is 13.1. The summed E-state index contributed by atoms with van der Waals surface area (Å²) >= 11 is 0. The lowest BCUT2D eigenvalue weighted by atomic mass is 9.94. The SMILES string of the molecule is COc1cccc(C=C(C(=O)NC2CCCCC2)C(=O)NC2CCCCC2)c1OC. The molecule has 1 aromatic rings. The predicted octanol–water partition coefficient (Wildman–Crippen LogP) is 3.99. The summed E-state index contributed by atoms with van der Waals surface area (Å²) < 4.78 is 10.9. The molecule has 0 atom stereocenters. The van der Waals surface area contributed by atoms with Crippen molar-refractivity contribution in [2.45, 2.75) is 76.3 Å². The van der Waals surface area contributed by atoms with E-state index in [9.17, 15) is 9.59 Å². The molecule has 0 radical (unpaired) electrons. The molecule has 6 heteroatoms. The van der Waals surface area contributed by atoms with E-state index in [0.717, 1.165) is 51.4 Å². The third kappa shape index (κ3) is 5.77. The van der Waals surface area contributed by atoms with Gasteiger partial charge in [0.25, 0.3) is 11.8 Å². The number of ether oxygens (including phenoxy) is 2. The second kappa shape index (κ2) is 11.0. The highest BCUT2D eigenvalue weighted by Crippen LogP contribution is 2.32. The van der Waals surface area contributed by atoms with Gasteiger partial charge in [0.1, 0.15) is 5.57 Å². The summed E-state index contributed by atoms with van der Waals surface area (Å²) in [6.07, 6.45) is 12.3. The minimum Gasteiger partial charge on any atom is -0.493 e. The van der Waals surface area contributed by atoms with Crippen molar-refractivity contribution in [3.8, 4) is 11.5 Å². The molecule has 0 heterocycles. The Kier molecular flexibility index (Phi) is 8.17. The molecule has 2 N–H and O–H groups in total. The van der Waals surface area contributed by atoms with Crippen molar-refractivity contribution in [2.75, 3.05) is 14.2 Å². The lowest BCUT2D eigenvalue weighted by Crippen LogP contribution is -2.43. The molecule has 0 bridgehead atoms. The van der Waals surface area contributed by atoms with Crippen LogP contribution in [0.15, 0.2) is 23.8 Å². The molecular weight excluding hydrogens is 380 g/mol. The van der Waals surface area contributed by atoms with E-state index in [0.29, 0.717) is 17.1 Å². The molecule has 0 aromatic heterocycles. The fourth-order valence-corrected chi connectivity index (χ4v) is 4.44. The standard InChI is InChI=1S/C24H34N2O4/c1-29-21-15-9-10-17(22(21)30-2)16-20(23(27)25-18-11-5-3-6-12-18)24(28)26-19-13-7-4-8-14-19/h9-10,15-16,18-19H,3-8,11-14H2,1-2H3,(H,25,27)(H,26,28). The van der Waals surface area contributed by atoms with Gasteiger partial charge < -0.3 is 20.1 Å². The van der Waals surface area contributed by atoms with Gasteiger partial charge in [-0.1, -0.05) is 50.7 Å². The van der Waals surface area contributed by atoms with Gasteiger partial charge in [0.15, 0.2) is 11.5 Å². The number of hydrogen-bond acceptors (Lipinski definition) is 4. The lowest BCUT2D eigenvalue weighted by molar-refractivity contribution is -0.124. The maximum Gasteiger partial charge on any atom is 0.257 e. The van der Waals surface area contributed by atoms with Crippen molar-refractivity contribution in [1.82, 2.24) is 10.6 Å². The van der Waals surface area contributed by atoms with E-state index >= 15 is 0 Å². The molecule has 2 aliphatic rings. The lowest BCUT2D eigenvalue weighted by Gasteiger charge is -2.25. The van der Waals surface area contributed by atoms with Gasteiger partial charge in [-0.15, -0.1) is 0 Å². The van der Waals surface area contributed by atoms with Gasteiger partial charge in [-0.2, -0.15) is 0 Å². The normalized spacial score (nSPS) is 17.7. The molecule has 2 saturated carbocycles. The third-order valence-electron chi connectivity index (χ3n) is 6.10. The van der Waals surface area contributed by atoms with Gasteiger partial charge in [-0.3, -0.25) is 9.59 Å². The summed E-state index contributed by atoms with van der Waals surface area (Å²) in [5.74, 6) is 0.430. The van der Waals surface area contributed by atoms with E-state index in [1.807, 2.05) is 12.1 Å². The van der Waals surface area contributed by atoms with Crippen molar-refractivity contribution < 1.29 is 19.1 Å². The first-order chi connectivity index (χ1) is 14.6.